The smallest absolute Gasteiger partial charge is 0.328 e. The van der Waals surface area contributed by atoms with E-state index in [-0.39, 0.29) is 18.2 Å². The van der Waals surface area contributed by atoms with Crippen molar-refractivity contribution in [1.82, 2.24) is 10.6 Å². The van der Waals surface area contributed by atoms with E-state index in [0.29, 0.717) is 6.42 Å². The van der Waals surface area contributed by atoms with E-state index in [1.807, 2.05) is 19.9 Å². The molecule has 0 radical (unpaired) electrons. The van der Waals surface area contributed by atoms with E-state index >= 15 is 0 Å². The first-order valence-electron chi connectivity index (χ1n) is 7.26. The van der Waals surface area contributed by atoms with Gasteiger partial charge in [0.2, 0.25) is 11.8 Å². The third-order valence-corrected chi connectivity index (χ3v) is 3.01. The lowest BCUT2D eigenvalue weighted by molar-refractivity contribution is -0.145. The van der Waals surface area contributed by atoms with Crippen LogP contribution in [0.25, 0.3) is 0 Å². The number of nitrogens with zero attached hydrogens (tertiary/aromatic N) is 1. The van der Waals surface area contributed by atoms with Crippen LogP contribution < -0.4 is 10.6 Å². The highest BCUT2D eigenvalue weighted by Gasteiger charge is 2.28. The van der Waals surface area contributed by atoms with Gasteiger partial charge in [-0.25, -0.2) is 4.79 Å². The van der Waals surface area contributed by atoms with Crippen LogP contribution in [0.1, 0.15) is 40.5 Å². The van der Waals surface area contributed by atoms with Gasteiger partial charge < -0.3 is 15.4 Å². The molecule has 0 saturated carbocycles. The second kappa shape index (κ2) is 9.77. The Labute approximate surface area is 131 Å². The van der Waals surface area contributed by atoms with Crippen LogP contribution >= 0.6 is 0 Å². The zero-order chi connectivity index (χ0) is 17.3. The Bertz CT molecular complexity index is 443. The van der Waals surface area contributed by atoms with Gasteiger partial charge in [0.25, 0.3) is 0 Å². The maximum Gasteiger partial charge on any atom is 0.328 e. The minimum Gasteiger partial charge on any atom is -0.467 e. The van der Waals surface area contributed by atoms with E-state index in [4.69, 9.17) is 5.26 Å². The molecule has 0 fully saturated rings. The molecule has 0 unspecified atom stereocenters. The van der Waals surface area contributed by atoms with Gasteiger partial charge in [-0.1, -0.05) is 13.8 Å². The summed E-state index contributed by atoms with van der Waals surface area (Å²) in [6.07, 6.45) is 0.608. The molecule has 0 aromatic carbocycles. The van der Waals surface area contributed by atoms with E-state index < -0.39 is 29.9 Å². The lowest BCUT2D eigenvalue weighted by atomic mass is 10.0. The molecule has 0 aliphatic heterocycles. The predicted molar refractivity (Wildman–Crippen MR) is 80.4 cm³/mol. The SMILES string of the molecule is COC(=O)[C@H](C[C@H](C)C#N)NC(=O)[C@H](CC(C)C)NC(C)=O. The summed E-state index contributed by atoms with van der Waals surface area (Å²) in [4.78, 5) is 35.2. The number of hydrogen-bond donors (Lipinski definition) is 2. The van der Waals surface area contributed by atoms with E-state index in [0.717, 1.165) is 0 Å². The fourth-order valence-corrected chi connectivity index (χ4v) is 1.98. The van der Waals surface area contributed by atoms with Gasteiger partial charge in [-0.2, -0.15) is 5.26 Å². The Morgan fingerprint density at radius 3 is 2.09 bits per heavy atom. The number of amides is 2. The first-order valence-corrected chi connectivity index (χ1v) is 7.26. The molecular weight excluding hydrogens is 286 g/mol. The van der Waals surface area contributed by atoms with Crippen molar-refractivity contribution in [3.8, 4) is 6.07 Å². The molecule has 0 aromatic rings. The third kappa shape index (κ3) is 7.62. The number of hydrogen-bond acceptors (Lipinski definition) is 5. The normalized spacial score (nSPS) is 14.4. The van der Waals surface area contributed by atoms with E-state index in [2.05, 4.69) is 15.4 Å². The largest absolute Gasteiger partial charge is 0.467 e. The first kappa shape index (κ1) is 19.9. The topological polar surface area (TPSA) is 108 Å². The summed E-state index contributed by atoms with van der Waals surface area (Å²) in [6.45, 7) is 6.84. The molecule has 0 bridgehead atoms. The Balaban J connectivity index is 4.97. The summed E-state index contributed by atoms with van der Waals surface area (Å²) in [7, 11) is 1.22. The molecule has 2 N–H and O–H groups in total. The van der Waals surface area contributed by atoms with Crippen LogP contribution in [0, 0.1) is 23.2 Å². The Morgan fingerprint density at radius 1 is 1.09 bits per heavy atom. The number of methoxy groups -OCH3 is 1. The van der Waals surface area contributed by atoms with Gasteiger partial charge in [0.05, 0.1) is 13.2 Å². The summed E-state index contributed by atoms with van der Waals surface area (Å²) in [6, 6.07) is 0.385. The van der Waals surface area contributed by atoms with E-state index in [9.17, 15) is 14.4 Å². The molecule has 0 saturated heterocycles. The quantitative estimate of drug-likeness (QED) is 0.643. The molecular formula is C15H25N3O4. The third-order valence-electron chi connectivity index (χ3n) is 3.01. The second-order valence-electron chi connectivity index (χ2n) is 5.73. The van der Waals surface area contributed by atoms with Crippen molar-refractivity contribution < 1.29 is 19.1 Å². The number of carbonyl (C=O) groups excluding carboxylic acids is 3. The zero-order valence-electron chi connectivity index (χ0n) is 13.8. The van der Waals surface area contributed by atoms with Crippen molar-refractivity contribution in [2.75, 3.05) is 7.11 Å². The molecule has 7 nitrogen and oxygen atoms in total. The first-order chi connectivity index (χ1) is 10.2. The molecule has 0 rings (SSSR count). The van der Waals surface area contributed by atoms with Gasteiger partial charge in [0.15, 0.2) is 0 Å². The lowest BCUT2D eigenvalue weighted by Crippen LogP contribution is -2.52. The molecule has 0 aliphatic carbocycles. The van der Waals surface area contributed by atoms with Gasteiger partial charge in [-0.15, -0.1) is 0 Å². The molecule has 124 valence electrons. The maximum atomic E-state index is 12.3. The average Bonchev–Trinajstić information content (AvgIpc) is 2.43. The van der Waals surface area contributed by atoms with Gasteiger partial charge in [0.1, 0.15) is 12.1 Å². The van der Waals surface area contributed by atoms with Gasteiger partial charge >= 0.3 is 5.97 Å². The van der Waals surface area contributed by atoms with Crippen molar-refractivity contribution in [2.45, 2.75) is 52.6 Å². The van der Waals surface area contributed by atoms with Crippen molar-refractivity contribution in [3.05, 3.63) is 0 Å². The van der Waals surface area contributed by atoms with Crippen LogP contribution in [0.2, 0.25) is 0 Å². The minimum absolute atomic E-state index is 0.156. The number of rotatable bonds is 8. The highest BCUT2D eigenvalue weighted by atomic mass is 16.5. The van der Waals surface area contributed by atoms with Crippen LogP contribution in [0.15, 0.2) is 0 Å². The van der Waals surface area contributed by atoms with Crippen LogP contribution in [-0.4, -0.2) is 37.0 Å². The maximum absolute atomic E-state index is 12.3. The van der Waals surface area contributed by atoms with Crippen LogP contribution in [0.3, 0.4) is 0 Å². The summed E-state index contributed by atoms with van der Waals surface area (Å²) >= 11 is 0. The number of nitriles is 1. The summed E-state index contributed by atoms with van der Waals surface area (Å²) in [5, 5.41) is 14.0. The molecule has 0 spiro atoms. The highest BCUT2D eigenvalue weighted by molar-refractivity contribution is 5.90. The minimum atomic E-state index is -0.907. The highest BCUT2D eigenvalue weighted by Crippen LogP contribution is 2.09. The average molecular weight is 311 g/mol. The number of carbonyl (C=O) groups is 3. The monoisotopic (exact) mass is 311 g/mol. The van der Waals surface area contributed by atoms with Gasteiger partial charge in [0, 0.05) is 12.8 Å². The summed E-state index contributed by atoms with van der Waals surface area (Å²) in [5.74, 6) is -1.60. The van der Waals surface area contributed by atoms with Crippen molar-refractivity contribution in [3.63, 3.8) is 0 Å². The van der Waals surface area contributed by atoms with E-state index in [1.54, 1.807) is 6.92 Å². The molecule has 3 atom stereocenters. The summed E-state index contributed by atoms with van der Waals surface area (Å²) < 4.78 is 4.65. The van der Waals surface area contributed by atoms with Crippen LogP contribution in [0.4, 0.5) is 0 Å². The molecule has 2 amide bonds. The number of esters is 1. The van der Waals surface area contributed by atoms with E-state index in [1.165, 1.54) is 14.0 Å². The Morgan fingerprint density at radius 2 is 1.68 bits per heavy atom. The molecule has 0 aromatic heterocycles. The second-order valence-corrected chi connectivity index (χ2v) is 5.73. The number of ether oxygens (including phenoxy) is 1. The zero-order valence-corrected chi connectivity index (χ0v) is 13.8. The van der Waals surface area contributed by atoms with Crippen molar-refractivity contribution in [1.29, 1.82) is 5.26 Å². The summed E-state index contributed by atoms with van der Waals surface area (Å²) in [5.41, 5.74) is 0. The van der Waals surface area contributed by atoms with Crippen molar-refractivity contribution >= 4 is 17.8 Å². The van der Waals surface area contributed by atoms with Crippen LogP contribution in [-0.2, 0) is 19.1 Å². The molecule has 0 aliphatic rings. The lowest BCUT2D eigenvalue weighted by Gasteiger charge is -2.23. The van der Waals surface area contributed by atoms with Gasteiger partial charge in [-0.3, -0.25) is 9.59 Å². The van der Waals surface area contributed by atoms with Crippen LogP contribution in [0.5, 0.6) is 0 Å². The fourth-order valence-electron chi connectivity index (χ4n) is 1.98. The number of nitrogens with one attached hydrogen (secondary N) is 2. The van der Waals surface area contributed by atoms with Gasteiger partial charge in [-0.05, 0) is 25.7 Å². The fraction of sp³-hybridized carbons (Fsp3) is 0.733. The Hall–Kier alpha value is -2.10. The molecule has 22 heavy (non-hydrogen) atoms. The molecule has 7 heteroatoms. The standard InChI is InChI=1S/C15H25N3O4/c1-9(2)6-12(17-11(4)19)14(20)18-13(15(21)22-5)7-10(3)8-16/h9-10,12-13H,6-7H2,1-5H3,(H,17,19)(H,18,20)/t10-,12-,13-/m0/s1. The Kier molecular flexibility index (Phi) is 8.83. The predicted octanol–water partition coefficient (Wildman–Crippen LogP) is 0.745. The molecule has 0 heterocycles. The van der Waals surface area contributed by atoms with Crippen molar-refractivity contribution in [2.24, 2.45) is 11.8 Å².